The Bertz CT molecular complexity index is 408. The minimum Gasteiger partial charge on any atom is -0.329 e. The zero-order valence-electron chi connectivity index (χ0n) is 11.3. The van der Waals surface area contributed by atoms with Crippen LogP contribution in [0, 0.1) is 0 Å². The summed E-state index contributed by atoms with van der Waals surface area (Å²) in [4.78, 5) is 2.35. The highest BCUT2D eigenvalue weighted by Crippen LogP contribution is 2.36. The first-order valence-corrected chi connectivity index (χ1v) is 9.39. The summed E-state index contributed by atoms with van der Waals surface area (Å²) in [6, 6.07) is 0. The molecule has 106 valence electrons. The predicted octanol–water partition coefficient (Wildman–Crippen LogP) is 0.720. The van der Waals surface area contributed by atoms with E-state index in [-0.39, 0.29) is 16.0 Å². The van der Waals surface area contributed by atoms with E-state index in [1.165, 1.54) is 0 Å². The maximum absolute atomic E-state index is 11.9. The van der Waals surface area contributed by atoms with E-state index in [1.54, 1.807) is 0 Å². The van der Waals surface area contributed by atoms with Gasteiger partial charge in [0.05, 0.1) is 11.5 Å². The maximum atomic E-state index is 11.9. The third kappa shape index (κ3) is 3.03. The van der Waals surface area contributed by atoms with Gasteiger partial charge in [0, 0.05) is 35.7 Å². The molecule has 0 bridgehead atoms. The Morgan fingerprint density at radius 1 is 1.39 bits per heavy atom. The maximum Gasteiger partial charge on any atom is 0.152 e. The number of nitrogens with two attached hydrogens (primary N) is 1. The summed E-state index contributed by atoms with van der Waals surface area (Å²) >= 11 is 1.97. The van der Waals surface area contributed by atoms with Crippen molar-refractivity contribution >= 4 is 21.6 Å². The molecule has 4 nitrogen and oxygen atoms in total. The van der Waals surface area contributed by atoms with Gasteiger partial charge in [-0.25, -0.2) is 8.42 Å². The Morgan fingerprint density at radius 3 is 2.67 bits per heavy atom. The monoisotopic (exact) mass is 292 g/mol. The first-order valence-electron chi connectivity index (χ1n) is 6.58. The van der Waals surface area contributed by atoms with E-state index in [1.807, 2.05) is 11.8 Å². The summed E-state index contributed by atoms with van der Waals surface area (Å²) < 4.78 is 24.1. The summed E-state index contributed by atoms with van der Waals surface area (Å²) in [5, 5.41) is 0. The van der Waals surface area contributed by atoms with Gasteiger partial charge in [-0.2, -0.15) is 11.8 Å². The van der Waals surface area contributed by atoms with Crippen LogP contribution in [0.4, 0.5) is 0 Å². The summed E-state index contributed by atoms with van der Waals surface area (Å²) in [6.45, 7) is 6.80. The molecule has 2 heterocycles. The molecule has 0 aliphatic carbocycles. The van der Waals surface area contributed by atoms with Crippen molar-refractivity contribution in [1.82, 2.24) is 4.90 Å². The average molecular weight is 292 g/mol. The van der Waals surface area contributed by atoms with Gasteiger partial charge >= 0.3 is 0 Å². The normalized spacial score (nSPS) is 36.4. The van der Waals surface area contributed by atoms with Gasteiger partial charge in [-0.05, 0) is 26.7 Å². The standard InChI is InChI=1S/C12H24N2O2S2/c1-11(2)9-14(5-6-17-11)12(8-13)4-3-7-18(15,16)10-12/h3-10,13H2,1-2H3. The van der Waals surface area contributed by atoms with Crippen LogP contribution in [-0.4, -0.2) is 60.5 Å². The Hall–Kier alpha value is 0.220. The molecule has 1 unspecified atom stereocenters. The molecule has 18 heavy (non-hydrogen) atoms. The van der Waals surface area contributed by atoms with E-state index in [9.17, 15) is 8.42 Å². The molecule has 2 rings (SSSR count). The Balaban J connectivity index is 2.21. The molecule has 6 heteroatoms. The fraction of sp³-hybridized carbons (Fsp3) is 1.00. The highest BCUT2D eigenvalue weighted by atomic mass is 32.2. The molecule has 0 aromatic rings. The third-order valence-corrected chi connectivity index (χ3v) is 7.25. The van der Waals surface area contributed by atoms with Crippen molar-refractivity contribution in [3.63, 3.8) is 0 Å². The second-order valence-electron chi connectivity index (χ2n) is 6.15. The van der Waals surface area contributed by atoms with Crippen LogP contribution in [0.25, 0.3) is 0 Å². The molecule has 0 amide bonds. The van der Waals surface area contributed by atoms with Gasteiger partial charge in [0.2, 0.25) is 0 Å². The zero-order valence-corrected chi connectivity index (χ0v) is 12.9. The van der Waals surface area contributed by atoms with Crippen LogP contribution in [0.5, 0.6) is 0 Å². The quantitative estimate of drug-likeness (QED) is 0.812. The van der Waals surface area contributed by atoms with Gasteiger partial charge in [-0.1, -0.05) is 0 Å². The molecule has 0 spiro atoms. The van der Waals surface area contributed by atoms with Crippen molar-refractivity contribution in [3.8, 4) is 0 Å². The topological polar surface area (TPSA) is 63.4 Å². The summed E-state index contributed by atoms with van der Waals surface area (Å²) in [6.07, 6.45) is 1.67. The lowest BCUT2D eigenvalue weighted by Crippen LogP contribution is -2.64. The van der Waals surface area contributed by atoms with Crippen LogP contribution in [0.15, 0.2) is 0 Å². The van der Waals surface area contributed by atoms with E-state index in [2.05, 4.69) is 18.7 Å². The summed E-state index contributed by atoms with van der Waals surface area (Å²) in [5.74, 6) is 1.65. The molecular formula is C12H24N2O2S2. The number of rotatable bonds is 2. The number of hydrogen-bond acceptors (Lipinski definition) is 5. The van der Waals surface area contributed by atoms with Gasteiger partial charge in [-0.3, -0.25) is 4.90 Å². The highest BCUT2D eigenvalue weighted by molar-refractivity contribution is 8.00. The largest absolute Gasteiger partial charge is 0.329 e. The van der Waals surface area contributed by atoms with Crippen LogP contribution in [0.3, 0.4) is 0 Å². The lowest BCUT2D eigenvalue weighted by Gasteiger charge is -2.50. The van der Waals surface area contributed by atoms with E-state index in [0.717, 1.165) is 31.7 Å². The molecule has 2 aliphatic rings. The van der Waals surface area contributed by atoms with Gasteiger partial charge < -0.3 is 5.73 Å². The third-order valence-electron chi connectivity index (χ3n) is 4.06. The van der Waals surface area contributed by atoms with E-state index >= 15 is 0 Å². The van der Waals surface area contributed by atoms with Crippen molar-refractivity contribution in [3.05, 3.63) is 0 Å². The number of thioether (sulfide) groups is 1. The molecule has 2 aliphatic heterocycles. The second kappa shape index (κ2) is 4.96. The SMILES string of the molecule is CC1(C)CN(C2(CN)CCCS(=O)(=O)C2)CCS1. The molecule has 0 aromatic carbocycles. The molecular weight excluding hydrogens is 268 g/mol. The fourth-order valence-corrected chi connectivity index (χ4v) is 6.24. The summed E-state index contributed by atoms with van der Waals surface area (Å²) in [5.41, 5.74) is 5.66. The van der Waals surface area contributed by atoms with Crippen molar-refractivity contribution < 1.29 is 8.42 Å². The first kappa shape index (κ1) is 14.6. The average Bonchev–Trinajstić information content (AvgIpc) is 2.26. The van der Waals surface area contributed by atoms with Crippen LogP contribution in [0.1, 0.15) is 26.7 Å². The van der Waals surface area contributed by atoms with Crippen molar-refractivity contribution in [2.45, 2.75) is 37.0 Å². The molecule has 2 N–H and O–H groups in total. The van der Waals surface area contributed by atoms with E-state index in [4.69, 9.17) is 5.73 Å². The highest BCUT2D eigenvalue weighted by Gasteiger charge is 2.45. The predicted molar refractivity (Wildman–Crippen MR) is 77.8 cm³/mol. The van der Waals surface area contributed by atoms with Crippen LogP contribution < -0.4 is 5.73 Å². The molecule has 0 saturated carbocycles. The van der Waals surface area contributed by atoms with Gasteiger partial charge in [0.1, 0.15) is 0 Å². The summed E-state index contributed by atoms with van der Waals surface area (Å²) in [7, 11) is -2.92. The minimum atomic E-state index is -2.92. The minimum absolute atomic E-state index is 0.196. The van der Waals surface area contributed by atoms with Gasteiger partial charge in [0.15, 0.2) is 9.84 Å². The molecule has 2 saturated heterocycles. The molecule has 0 aromatic heterocycles. The van der Waals surface area contributed by atoms with Crippen molar-refractivity contribution in [2.75, 3.05) is 36.9 Å². The number of sulfone groups is 1. The Labute approximate surface area is 115 Å². The lowest BCUT2D eigenvalue weighted by atomic mass is 9.91. The smallest absolute Gasteiger partial charge is 0.152 e. The van der Waals surface area contributed by atoms with E-state index < -0.39 is 9.84 Å². The van der Waals surface area contributed by atoms with Crippen LogP contribution >= 0.6 is 11.8 Å². The molecule has 1 atom stereocenters. The molecule has 2 fully saturated rings. The Morgan fingerprint density at radius 2 is 2.11 bits per heavy atom. The van der Waals surface area contributed by atoms with Crippen LogP contribution in [-0.2, 0) is 9.84 Å². The first-order chi connectivity index (χ1) is 8.29. The van der Waals surface area contributed by atoms with E-state index in [0.29, 0.717) is 12.3 Å². The van der Waals surface area contributed by atoms with Gasteiger partial charge in [-0.15, -0.1) is 0 Å². The second-order valence-corrected chi connectivity index (χ2v) is 10.1. The Kier molecular flexibility index (Phi) is 4.03. The van der Waals surface area contributed by atoms with Crippen LogP contribution in [0.2, 0.25) is 0 Å². The van der Waals surface area contributed by atoms with Gasteiger partial charge in [0.25, 0.3) is 0 Å². The zero-order chi connectivity index (χ0) is 13.4. The fourth-order valence-electron chi connectivity index (χ4n) is 3.14. The lowest BCUT2D eigenvalue weighted by molar-refractivity contribution is 0.0941. The number of nitrogens with zero attached hydrogens (tertiary/aromatic N) is 1. The van der Waals surface area contributed by atoms with Crippen molar-refractivity contribution in [2.24, 2.45) is 5.73 Å². The van der Waals surface area contributed by atoms with Crippen molar-refractivity contribution in [1.29, 1.82) is 0 Å². The number of hydrogen-bond donors (Lipinski definition) is 1. The molecule has 0 radical (unpaired) electrons.